The fourth-order valence-electron chi connectivity index (χ4n) is 3.10. The van der Waals surface area contributed by atoms with Gasteiger partial charge in [0.1, 0.15) is 17.5 Å². The lowest BCUT2D eigenvalue weighted by atomic mass is 10.0. The van der Waals surface area contributed by atoms with Crippen molar-refractivity contribution in [2.75, 3.05) is 44.4 Å². The highest BCUT2D eigenvalue weighted by molar-refractivity contribution is 5.58. The molecule has 1 atom stereocenters. The molecule has 5 heteroatoms. The minimum Gasteiger partial charge on any atom is -0.373 e. The van der Waals surface area contributed by atoms with Crippen LogP contribution in [0.15, 0.2) is 0 Å². The second-order valence-electron chi connectivity index (χ2n) is 6.11. The predicted octanol–water partition coefficient (Wildman–Crippen LogP) is 2.31. The van der Waals surface area contributed by atoms with Gasteiger partial charge >= 0.3 is 0 Å². The Kier molecular flexibility index (Phi) is 5.39. The normalized spacial score (nSPS) is 19.6. The fraction of sp³-hybridized carbons (Fsp3) is 0.750. The van der Waals surface area contributed by atoms with Gasteiger partial charge in [0, 0.05) is 38.7 Å². The molecule has 118 valence electrons. The highest BCUT2D eigenvalue weighted by atomic mass is 15.3. The Labute approximate surface area is 128 Å². The average molecular weight is 291 g/mol. The summed E-state index contributed by atoms with van der Waals surface area (Å²) in [6.07, 6.45) is 4.50. The quantitative estimate of drug-likeness (QED) is 0.902. The molecule has 0 spiro atoms. The lowest BCUT2D eigenvalue weighted by Crippen LogP contribution is -2.45. The van der Waals surface area contributed by atoms with Crippen LogP contribution in [0.1, 0.15) is 37.6 Å². The van der Waals surface area contributed by atoms with Gasteiger partial charge < -0.3 is 15.1 Å². The number of rotatable bonds is 5. The molecule has 0 aromatic carbocycles. The first-order valence-corrected chi connectivity index (χ1v) is 8.03. The minimum atomic E-state index is 0.538. The third-order valence-electron chi connectivity index (χ3n) is 4.36. The molecule has 2 rings (SSSR count). The molecular weight excluding hydrogens is 262 g/mol. The zero-order valence-electron chi connectivity index (χ0n) is 14.1. The Morgan fingerprint density at radius 3 is 2.76 bits per heavy atom. The molecule has 0 amide bonds. The summed E-state index contributed by atoms with van der Waals surface area (Å²) in [5.74, 6) is 2.98. The number of aromatic nitrogens is 2. The Morgan fingerprint density at radius 2 is 2.14 bits per heavy atom. The number of aryl methyl sites for hydroxylation is 1. The van der Waals surface area contributed by atoms with Crippen molar-refractivity contribution in [3.63, 3.8) is 0 Å². The van der Waals surface area contributed by atoms with Gasteiger partial charge in [-0.3, -0.25) is 0 Å². The number of nitrogens with one attached hydrogen (secondary N) is 1. The van der Waals surface area contributed by atoms with Crippen LogP contribution in [-0.4, -0.2) is 55.1 Å². The Bertz CT molecular complexity index is 474. The van der Waals surface area contributed by atoms with Crippen LogP contribution in [0.25, 0.3) is 0 Å². The monoisotopic (exact) mass is 291 g/mol. The summed E-state index contributed by atoms with van der Waals surface area (Å²) in [5, 5.41) is 3.21. The first kappa shape index (κ1) is 16.0. The number of nitrogens with zero attached hydrogens (tertiary/aromatic N) is 4. The maximum absolute atomic E-state index is 4.83. The molecule has 1 aliphatic rings. The van der Waals surface area contributed by atoms with Crippen molar-refractivity contribution in [2.24, 2.45) is 0 Å². The third kappa shape index (κ3) is 3.64. The van der Waals surface area contributed by atoms with Crippen molar-refractivity contribution in [1.82, 2.24) is 14.9 Å². The van der Waals surface area contributed by atoms with Gasteiger partial charge in [0.2, 0.25) is 0 Å². The van der Waals surface area contributed by atoms with Crippen LogP contribution in [0.4, 0.5) is 11.6 Å². The number of piperidine rings is 1. The molecule has 1 saturated heterocycles. The van der Waals surface area contributed by atoms with E-state index in [1.54, 1.807) is 0 Å². The molecule has 1 fully saturated rings. The van der Waals surface area contributed by atoms with E-state index in [0.29, 0.717) is 6.04 Å². The van der Waals surface area contributed by atoms with Gasteiger partial charge in [-0.2, -0.15) is 0 Å². The molecule has 21 heavy (non-hydrogen) atoms. The highest BCUT2D eigenvalue weighted by Gasteiger charge is 2.24. The van der Waals surface area contributed by atoms with Crippen LogP contribution < -0.4 is 10.2 Å². The lowest BCUT2D eigenvalue weighted by Gasteiger charge is -2.37. The maximum atomic E-state index is 4.83. The average Bonchev–Trinajstić information content (AvgIpc) is 2.48. The maximum Gasteiger partial charge on any atom is 0.137 e. The van der Waals surface area contributed by atoms with Gasteiger partial charge in [0.05, 0.1) is 0 Å². The number of hydrogen-bond acceptors (Lipinski definition) is 5. The van der Waals surface area contributed by atoms with Gasteiger partial charge in [-0.25, -0.2) is 9.97 Å². The van der Waals surface area contributed by atoms with Crippen molar-refractivity contribution in [2.45, 2.75) is 45.6 Å². The molecule has 5 nitrogen and oxygen atoms in total. The van der Waals surface area contributed by atoms with Crippen molar-refractivity contribution in [3.8, 4) is 0 Å². The van der Waals surface area contributed by atoms with E-state index < -0.39 is 0 Å². The summed E-state index contributed by atoms with van der Waals surface area (Å²) < 4.78 is 0. The highest BCUT2D eigenvalue weighted by Crippen LogP contribution is 2.26. The molecule has 1 N–H and O–H groups in total. The molecule has 1 unspecified atom stereocenters. The Morgan fingerprint density at radius 1 is 1.38 bits per heavy atom. The summed E-state index contributed by atoms with van der Waals surface area (Å²) in [5.41, 5.74) is 1.15. The lowest BCUT2D eigenvalue weighted by molar-refractivity contribution is 0.247. The summed E-state index contributed by atoms with van der Waals surface area (Å²) in [7, 11) is 6.31. The van der Waals surface area contributed by atoms with Crippen LogP contribution in [0.2, 0.25) is 0 Å². The first-order valence-electron chi connectivity index (χ1n) is 8.03. The first-order chi connectivity index (χ1) is 10.1. The topological polar surface area (TPSA) is 44.3 Å². The predicted molar refractivity (Wildman–Crippen MR) is 89.2 cm³/mol. The van der Waals surface area contributed by atoms with E-state index in [9.17, 15) is 0 Å². The molecule has 1 aromatic heterocycles. The molecule has 0 saturated carbocycles. The largest absolute Gasteiger partial charge is 0.373 e. The van der Waals surface area contributed by atoms with E-state index >= 15 is 0 Å². The standard InChI is InChI=1S/C16H29N5/c1-6-8-14-18-15(17-3)12(2)16(19-14)21(5)13-9-7-10-20(4)11-13/h13H,6-11H2,1-5H3,(H,17,18,19). The van der Waals surface area contributed by atoms with E-state index in [2.05, 4.69) is 48.0 Å². The van der Waals surface area contributed by atoms with E-state index in [1.807, 2.05) is 7.05 Å². The molecule has 0 bridgehead atoms. The second kappa shape index (κ2) is 7.07. The van der Waals surface area contributed by atoms with Gasteiger partial charge in [0.25, 0.3) is 0 Å². The van der Waals surface area contributed by atoms with Crippen LogP contribution in [0.5, 0.6) is 0 Å². The second-order valence-corrected chi connectivity index (χ2v) is 6.11. The summed E-state index contributed by atoms with van der Waals surface area (Å²) >= 11 is 0. The van der Waals surface area contributed by atoms with Crippen LogP contribution in [0, 0.1) is 6.92 Å². The zero-order chi connectivity index (χ0) is 15.4. The molecule has 2 heterocycles. The SMILES string of the molecule is CCCc1nc(NC)c(C)c(N(C)C2CCCN(C)C2)n1. The van der Waals surface area contributed by atoms with E-state index in [0.717, 1.165) is 42.4 Å². The zero-order valence-corrected chi connectivity index (χ0v) is 14.1. The van der Waals surface area contributed by atoms with Crippen molar-refractivity contribution >= 4 is 11.6 Å². The Balaban J connectivity index is 2.29. The van der Waals surface area contributed by atoms with Crippen LogP contribution in [-0.2, 0) is 6.42 Å². The molecule has 0 radical (unpaired) electrons. The van der Waals surface area contributed by atoms with Crippen LogP contribution in [0.3, 0.4) is 0 Å². The van der Waals surface area contributed by atoms with Crippen molar-refractivity contribution < 1.29 is 0 Å². The number of likely N-dealkylation sites (N-methyl/N-ethyl adjacent to an activating group) is 2. The summed E-state index contributed by atoms with van der Waals surface area (Å²) in [4.78, 5) is 14.2. The molecule has 1 aliphatic heterocycles. The third-order valence-corrected chi connectivity index (χ3v) is 4.36. The van der Waals surface area contributed by atoms with Gasteiger partial charge in [-0.05, 0) is 39.8 Å². The van der Waals surface area contributed by atoms with Crippen LogP contribution >= 0.6 is 0 Å². The van der Waals surface area contributed by atoms with Crippen molar-refractivity contribution in [3.05, 3.63) is 11.4 Å². The van der Waals surface area contributed by atoms with Gasteiger partial charge in [-0.1, -0.05) is 6.92 Å². The van der Waals surface area contributed by atoms with E-state index in [-0.39, 0.29) is 0 Å². The molecule has 1 aromatic rings. The summed E-state index contributed by atoms with van der Waals surface area (Å²) in [6.45, 7) is 6.59. The van der Waals surface area contributed by atoms with Gasteiger partial charge in [-0.15, -0.1) is 0 Å². The summed E-state index contributed by atoms with van der Waals surface area (Å²) in [6, 6.07) is 0.538. The smallest absolute Gasteiger partial charge is 0.137 e. The van der Waals surface area contributed by atoms with Gasteiger partial charge in [0.15, 0.2) is 0 Å². The Hall–Kier alpha value is -1.36. The number of anilines is 2. The minimum absolute atomic E-state index is 0.538. The molecular formula is C16H29N5. The number of hydrogen-bond donors (Lipinski definition) is 1. The number of likely N-dealkylation sites (tertiary alicyclic amines) is 1. The fourth-order valence-corrected chi connectivity index (χ4v) is 3.10. The van der Waals surface area contributed by atoms with Crippen molar-refractivity contribution in [1.29, 1.82) is 0 Å². The molecule has 0 aliphatic carbocycles. The van der Waals surface area contributed by atoms with E-state index in [1.165, 1.54) is 19.4 Å². The van der Waals surface area contributed by atoms with E-state index in [4.69, 9.17) is 4.98 Å².